The topological polar surface area (TPSA) is 52.1 Å². The van der Waals surface area contributed by atoms with Crippen molar-refractivity contribution in [2.24, 2.45) is 0 Å². The summed E-state index contributed by atoms with van der Waals surface area (Å²) in [4.78, 5) is 0. The van der Waals surface area contributed by atoms with E-state index in [1.54, 1.807) is 6.26 Å². The second kappa shape index (κ2) is 2.70. The number of fused-ring (bicyclic) bond motifs is 1. The van der Waals surface area contributed by atoms with Crippen molar-refractivity contribution < 1.29 is 8.83 Å². The first-order chi connectivity index (χ1) is 6.93. The molecule has 0 saturated heterocycles. The first kappa shape index (κ1) is 7.32. The van der Waals surface area contributed by atoms with Crippen molar-refractivity contribution in [1.82, 2.24) is 10.2 Å². The molecule has 2 heterocycles. The van der Waals surface area contributed by atoms with Crippen LogP contribution >= 0.6 is 0 Å². The van der Waals surface area contributed by atoms with Gasteiger partial charge in [0, 0.05) is 10.9 Å². The summed E-state index contributed by atoms with van der Waals surface area (Å²) >= 11 is 0. The summed E-state index contributed by atoms with van der Waals surface area (Å²) in [5, 5.41) is 8.50. The van der Waals surface area contributed by atoms with E-state index in [-0.39, 0.29) is 0 Å². The van der Waals surface area contributed by atoms with E-state index in [9.17, 15) is 0 Å². The molecule has 14 heavy (non-hydrogen) atoms. The van der Waals surface area contributed by atoms with E-state index in [1.807, 2.05) is 24.3 Å². The summed E-state index contributed by atoms with van der Waals surface area (Å²) in [7, 11) is 0. The van der Waals surface area contributed by atoms with Crippen LogP contribution in [0.2, 0.25) is 0 Å². The third-order valence-electron chi connectivity index (χ3n) is 2.06. The van der Waals surface area contributed by atoms with E-state index >= 15 is 0 Å². The van der Waals surface area contributed by atoms with Crippen molar-refractivity contribution in [3.05, 3.63) is 36.9 Å². The molecule has 0 radical (unpaired) electrons. The van der Waals surface area contributed by atoms with Gasteiger partial charge < -0.3 is 8.83 Å². The molecule has 3 aromatic rings. The van der Waals surface area contributed by atoms with E-state index < -0.39 is 0 Å². The summed E-state index contributed by atoms with van der Waals surface area (Å²) in [6.45, 7) is 0. The quantitative estimate of drug-likeness (QED) is 0.585. The van der Waals surface area contributed by atoms with Gasteiger partial charge in [0.2, 0.25) is 12.3 Å². The number of hydrogen-bond donors (Lipinski definition) is 0. The zero-order valence-corrected chi connectivity index (χ0v) is 7.18. The monoisotopic (exact) mass is 186 g/mol. The molecule has 0 saturated carbocycles. The van der Waals surface area contributed by atoms with Crippen molar-refractivity contribution in [2.75, 3.05) is 0 Å². The molecule has 0 unspecified atom stereocenters. The van der Waals surface area contributed by atoms with Gasteiger partial charge >= 0.3 is 0 Å². The predicted molar refractivity (Wildman–Crippen MR) is 49.5 cm³/mol. The minimum absolute atomic E-state index is 0.503. The minimum atomic E-state index is 0.503. The van der Waals surface area contributed by atoms with Crippen molar-refractivity contribution >= 4 is 11.0 Å². The number of rotatable bonds is 1. The Labute approximate surface area is 79.2 Å². The highest BCUT2D eigenvalue weighted by molar-refractivity contribution is 5.81. The van der Waals surface area contributed by atoms with Crippen LogP contribution in [0, 0.1) is 0 Å². The molecule has 4 heteroatoms. The van der Waals surface area contributed by atoms with Crippen molar-refractivity contribution in [3.8, 4) is 11.5 Å². The fraction of sp³-hybridized carbons (Fsp3) is 0. The summed E-state index contributed by atoms with van der Waals surface area (Å²) < 4.78 is 10.3. The summed E-state index contributed by atoms with van der Waals surface area (Å²) in [6, 6.07) is 7.67. The van der Waals surface area contributed by atoms with Gasteiger partial charge in [-0.2, -0.15) is 0 Å². The van der Waals surface area contributed by atoms with Crippen molar-refractivity contribution in [1.29, 1.82) is 0 Å². The van der Waals surface area contributed by atoms with Crippen LogP contribution in [0.25, 0.3) is 22.4 Å². The molecule has 0 aliphatic heterocycles. The van der Waals surface area contributed by atoms with Gasteiger partial charge in [0.25, 0.3) is 0 Å². The van der Waals surface area contributed by atoms with Crippen LogP contribution in [0.3, 0.4) is 0 Å². The van der Waals surface area contributed by atoms with Crippen LogP contribution in [0.4, 0.5) is 0 Å². The largest absolute Gasteiger partial charge is 0.464 e. The van der Waals surface area contributed by atoms with Crippen LogP contribution < -0.4 is 0 Å². The number of nitrogens with zero attached hydrogens (tertiary/aromatic N) is 2. The Morgan fingerprint density at radius 1 is 1.07 bits per heavy atom. The van der Waals surface area contributed by atoms with Gasteiger partial charge in [-0.05, 0) is 18.2 Å². The second-order valence-corrected chi connectivity index (χ2v) is 2.92. The van der Waals surface area contributed by atoms with Crippen LogP contribution in [0.5, 0.6) is 0 Å². The maximum Gasteiger partial charge on any atom is 0.247 e. The lowest BCUT2D eigenvalue weighted by molar-refractivity contribution is 0.568. The summed E-state index contributed by atoms with van der Waals surface area (Å²) in [5.74, 6) is 0.503. The van der Waals surface area contributed by atoms with Crippen LogP contribution in [0.15, 0.2) is 45.8 Å². The molecule has 1 aromatic carbocycles. The first-order valence-corrected chi connectivity index (χ1v) is 4.17. The van der Waals surface area contributed by atoms with Gasteiger partial charge in [0.1, 0.15) is 5.58 Å². The molecule has 0 bridgehead atoms. The fourth-order valence-electron chi connectivity index (χ4n) is 1.39. The Kier molecular flexibility index (Phi) is 1.41. The SMILES string of the molecule is c1nnc(-c2ccc3ccoc3c2)o1. The van der Waals surface area contributed by atoms with Crippen LogP contribution in [-0.2, 0) is 0 Å². The lowest BCUT2D eigenvalue weighted by Crippen LogP contribution is -1.76. The standard InChI is InChI=1S/C10H6N2O2/c1-2-8(10-12-11-6-14-10)5-9-7(1)3-4-13-9/h1-6H. The molecule has 2 aromatic heterocycles. The third kappa shape index (κ3) is 1.01. The first-order valence-electron chi connectivity index (χ1n) is 4.17. The maximum atomic E-state index is 5.27. The molecule has 0 aliphatic rings. The average molecular weight is 186 g/mol. The lowest BCUT2D eigenvalue weighted by Gasteiger charge is -1.93. The Balaban J connectivity index is 2.23. The van der Waals surface area contributed by atoms with Crippen molar-refractivity contribution in [2.45, 2.75) is 0 Å². The zero-order chi connectivity index (χ0) is 9.38. The van der Waals surface area contributed by atoms with Crippen LogP contribution in [-0.4, -0.2) is 10.2 Å². The molecule has 0 atom stereocenters. The highest BCUT2D eigenvalue weighted by Crippen LogP contribution is 2.23. The molecule has 4 nitrogen and oxygen atoms in total. The average Bonchev–Trinajstić information content (AvgIpc) is 2.88. The lowest BCUT2D eigenvalue weighted by atomic mass is 10.2. The van der Waals surface area contributed by atoms with Gasteiger partial charge in [-0.1, -0.05) is 6.07 Å². The number of aromatic nitrogens is 2. The maximum absolute atomic E-state index is 5.27. The fourth-order valence-corrected chi connectivity index (χ4v) is 1.39. The molecule has 0 spiro atoms. The summed E-state index contributed by atoms with van der Waals surface area (Å²) in [5.41, 5.74) is 1.69. The van der Waals surface area contributed by atoms with E-state index in [4.69, 9.17) is 8.83 Å². The highest BCUT2D eigenvalue weighted by atomic mass is 16.4. The molecule has 0 amide bonds. The molecule has 0 N–H and O–H groups in total. The Morgan fingerprint density at radius 2 is 2.07 bits per heavy atom. The molecular formula is C10H6N2O2. The molecule has 0 aliphatic carbocycles. The van der Waals surface area contributed by atoms with E-state index in [1.165, 1.54) is 6.39 Å². The smallest absolute Gasteiger partial charge is 0.247 e. The summed E-state index contributed by atoms with van der Waals surface area (Å²) in [6.07, 6.45) is 2.96. The van der Waals surface area contributed by atoms with Crippen LogP contribution in [0.1, 0.15) is 0 Å². The molecule has 68 valence electrons. The van der Waals surface area contributed by atoms with Gasteiger partial charge in [-0.15, -0.1) is 10.2 Å². The van der Waals surface area contributed by atoms with Crippen molar-refractivity contribution in [3.63, 3.8) is 0 Å². The Morgan fingerprint density at radius 3 is 2.93 bits per heavy atom. The number of hydrogen-bond acceptors (Lipinski definition) is 4. The Hall–Kier alpha value is -2.10. The zero-order valence-electron chi connectivity index (χ0n) is 7.18. The predicted octanol–water partition coefficient (Wildman–Crippen LogP) is 2.48. The highest BCUT2D eigenvalue weighted by Gasteiger charge is 2.05. The molecular weight excluding hydrogens is 180 g/mol. The second-order valence-electron chi connectivity index (χ2n) is 2.92. The molecule has 0 fully saturated rings. The van der Waals surface area contributed by atoms with Gasteiger partial charge in [-0.3, -0.25) is 0 Å². The van der Waals surface area contributed by atoms with Gasteiger partial charge in [0.15, 0.2) is 0 Å². The van der Waals surface area contributed by atoms with E-state index in [0.29, 0.717) is 5.89 Å². The number of benzene rings is 1. The normalized spacial score (nSPS) is 10.9. The van der Waals surface area contributed by atoms with Gasteiger partial charge in [-0.25, -0.2) is 0 Å². The Bertz CT molecular complexity index is 554. The number of furan rings is 1. The minimum Gasteiger partial charge on any atom is -0.464 e. The van der Waals surface area contributed by atoms with Gasteiger partial charge in [0.05, 0.1) is 6.26 Å². The third-order valence-corrected chi connectivity index (χ3v) is 2.06. The molecule has 3 rings (SSSR count). The van der Waals surface area contributed by atoms with E-state index in [2.05, 4.69) is 10.2 Å². The van der Waals surface area contributed by atoms with E-state index in [0.717, 1.165) is 16.5 Å².